The van der Waals surface area contributed by atoms with Crippen LogP contribution in [0.25, 0.3) is 16.8 Å². The van der Waals surface area contributed by atoms with Crippen molar-refractivity contribution in [2.45, 2.75) is 25.8 Å². The quantitative estimate of drug-likeness (QED) is 0.419. The van der Waals surface area contributed by atoms with Crippen molar-refractivity contribution in [3.05, 3.63) is 78.8 Å². The Hall–Kier alpha value is -4.18. The molecule has 1 aliphatic heterocycles. The molecule has 164 valence electrons. The minimum atomic E-state index is -0.349. The van der Waals surface area contributed by atoms with Crippen molar-refractivity contribution in [2.24, 2.45) is 0 Å². The Morgan fingerprint density at radius 1 is 1.18 bits per heavy atom. The molecule has 0 N–H and O–H groups in total. The monoisotopic (exact) mass is 440 g/mol. The van der Waals surface area contributed by atoms with E-state index >= 15 is 0 Å². The van der Waals surface area contributed by atoms with Gasteiger partial charge in [-0.1, -0.05) is 12.0 Å². The molecule has 2 aromatic carbocycles. The lowest BCUT2D eigenvalue weighted by Gasteiger charge is -2.21. The van der Waals surface area contributed by atoms with Crippen LogP contribution < -0.4 is 4.74 Å². The van der Waals surface area contributed by atoms with Gasteiger partial charge in [-0.3, -0.25) is 14.2 Å². The molecular weight excluding hydrogens is 419 g/mol. The van der Waals surface area contributed by atoms with Gasteiger partial charge in [0.05, 0.1) is 23.4 Å². The Balaban J connectivity index is 1.49. The first-order chi connectivity index (χ1) is 16.1. The van der Waals surface area contributed by atoms with Crippen molar-refractivity contribution >= 4 is 11.4 Å². The highest BCUT2D eigenvalue weighted by Gasteiger charge is 2.33. The fourth-order valence-corrected chi connectivity index (χ4v) is 4.21. The highest BCUT2D eigenvalue weighted by molar-refractivity contribution is 5.94. The number of aromatic nitrogens is 3. The number of hydrogen-bond acceptors (Lipinski definition) is 4. The third-order valence-electron chi connectivity index (χ3n) is 5.68. The topological polar surface area (TPSA) is 59.7 Å². The maximum Gasteiger partial charge on any atom is 0.299 e. The average molecular weight is 440 g/mol. The second-order valence-corrected chi connectivity index (χ2v) is 7.77. The van der Waals surface area contributed by atoms with E-state index in [0.29, 0.717) is 18.0 Å². The van der Waals surface area contributed by atoms with Crippen molar-refractivity contribution in [3.63, 3.8) is 0 Å². The van der Waals surface area contributed by atoms with Crippen LogP contribution in [0.5, 0.6) is 11.5 Å². The van der Waals surface area contributed by atoms with Gasteiger partial charge in [0.1, 0.15) is 23.1 Å². The number of fused-ring (bicyclic) bond motifs is 1. The van der Waals surface area contributed by atoms with E-state index in [4.69, 9.17) is 9.72 Å². The fourth-order valence-electron chi connectivity index (χ4n) is 4.21. The molecule has 1 aliphatic rings. The van der Waals surface area contributed by atoms with Gasteiger partial charge in [-0.05, 0) is 62.1 Å². The number of carbonyl (C=O) groups is 1. The van der Waals surface area contributed by atoms with E-state index in [1.165, 1.54) is 12.1 Å². The molecule has 0 aliphatic carbocycles. The molecule has 0 spiro atoms. The minimum absolute atomic E-state index is 0.141. The summed E-state index contributed by atoms with van der Waals surface area (Å²) in [6.07, 6.45) is 7.09. The number of halogens is 1. The van der Waals surface area contributed by atoms with E-state index in [1.807, 2.05) is 34.9 Å². The van der Waals surface area contributed by atoms with E-state index in [2.05, 4.69) is 16.8 Å². The van der Waals surface area contributed by atoms with Gasteiger partial charge < -0.3 is 9.64 Å². The largest absolute Gasteiger partial charge is 0.457 e. The highest BCUT2D eigenvalue weighted by atomic mass is 19.1. The first-order valence-electron chi connectivity index (χ1n) is 10.7. The average Bonchev–Trinajstić information content (AvgIpc) is 3.45. The zero-order valence-electron chi connectivity index (χ0n) is 18.0. The summed E-state index contributed by atoms with van der Waals surface area (Å²) in [5.41, 5.74) is 2.52. The molecule has 1 saturated heterocycles. The molecule has 0 saturated carbocycles. The summed E-state index contributed by atoms with van der Waals surface area (Å²) in [6.45, 7) is 2.33. The summed E-state index contributed by atoms with van der Waals surface area (Å²) in [5, 5.41) is 0. The number of hydrogen-bond donors (Lipinski definition) is 0. The lowest BCUT2D eigenvalue weighted by Crippen LogP contribution is -2.30. The number of rotatable bonds is 4. The fraction of sp³-hybridized carbons (Fsp3) is 0.192. The zero-order valence-corrected chi connectivity index (χ0v) is 18.0. The SMILES string of the molecule is CC#CC(=O)N1CCC[C@H]1c1nc(-c2ccc(Oc3cccc(F)c3)cc2)c2cnccn12. The van der Waals surface area contributed by atoms with Gasteiger partial charge in [-0.2, -0.15) is 0 Å². The second kappa shape index (κ2) is 8.75. The summed E-state index contributed by atoms with van der Waals surface area (Å²) in [4.78, 5) is 23.5. The molecular formula is C26H21FN4O2. The number of ether oxygens (including phenoxy) is 1. The molecule has 1 amide bonds. The molecule has 1 fully saturated rings. The van der Waals surface area contributed by atoms with Gasteiger partial charge >= 0.3 is 0 Å². The van der Waals surface area contributed by atoms with Crippen LogP contribution in [0.15, 0.2) is 67.1 Å². The molecule has 1 atom stereocenters. The van der Waals surface area contributed by atoms with Crippen molar-refractivity contribution in [3.8, 4) is 34.6 Å². The molecule has 3 heterocycles. The minimum Gasteiger partial charge on any atom is -0.457 e. The lowest BCUT2D eigenvalue weighted by atomic mass is 10.1. The number of imidazole rings is 1. The Morgan fingerprint density at radius 3 is 2.82 bits per heavy atom. The van der Waals surface area contributed by atoms with Crippen LogP contribution in [0.2, 0.25) is 0 Å². The van der Waals surface area contributed by atoms with Crippen LogP contribution in [-0.4, -0.2) is 31.7 Å². The van der Waals surface area contributed by atoms with Crippen molar-refractivity contribution in [1.29, 1.82) is 0 Å². The maximum atomic E-state index is 13.4. The van der Waals surface area contributed by atoms with E-state index in [9.17, 15) is 9.18 Å². The summed E-state index contributed by atoms with van der Waals surface area (Å²) in [6, 6.07) is 13.3. The number of benzene rings is 2. The van der Waals surface area contributed by atoms with Crippen LogP contribution in [0.3, 0.4) is 0 Å². The van der Waals surface area contributed by atoms with Gasteiger partial charge in [0.2, 0.25) is 0 Å². The Morgan fingerprint density at radius 2 is 2.03 bits per heavy atom. The first-order valence-corrected chi connectivity index (χ1v) is 10.7. The van der Waals surface area contributed by atoms with E-state index in [1.54, 1.807) is 36.4 Å². The van der Waals surface area contributed by atoms with Gasteiger partial charge in [0.15, 0.2) is 0 Å². The summed E-state index contributed by atoms with van der Waals surface area (Å²) in [7, 11) is 0. The van der Waals surface area contributed by atoms with Crippen LogP contribution in [0.4, 0.5) is 4.39 Å². The molecule has 2 aromatic heterocycles. The van der Waals surface area contributed by atoms with Gasteiger partial charge in [-0.15, -0.1) is 0 Å². The molecule has 0 unspecified atom stereocenters. The van der Waals surface area contributed by atoms with Crippen LogP contribution >= 0.6 is 0 Å². The number of likely N-dealkylation sites (tertiary alicyclic amines) is 1. The van der Waals surface area contributed by atoms with E-state index in [-0.39, 0.29) is 17.8 Å². The van der Waals surface area contributed by atoms with Gasteiger partial charge in [-0.25, -0.2) is 9.37 Å². The number of nitrogens with zero attached hydrogens (tertiary/aromatic N) is 4. The summed E-state index contributed by atoms with van der Waals surface area (Å²) < 4.78 is 21.2. The summed E-state index contributed by atoms with van der Waals surface area (Å²) in [5.74, 6) is 6.65. The Bertz CT molecular complexity index is 1380. The molecule has 4 aromatic rings. The zero-order chi connectivity index (χ0) is 22.8. The lowest BCUT2D eigenvalue weighted by molar-refractivity contribution is -0.126. The molecule has 0 bridgehead atoms. The van der Waals surface area contributed by atoms with Crippen molar-refractivity contribution in [1.82, 2.24) is 19.3 Å². The molecule has 0 radical (unpaired) electrons. The van der Waals surface area contributed by atoms with Crippen LogP contribution in [0.1, 0.15) is 31.6 Å². The van der Waals surface area contributed by atoms with E-state index < -0.39 is 0 Å². The van der Waals surface area contributed by atoms with Gasteiger partial charge in [0.25, 0.3) is 5.91 Å². The van der Waals surface area contributed by atoms with E-state index in [0.717, 1.165) is 35.4 Å². The predicted octanol–water partition coefficient (Wildman–Crippen LogP) is 5.01. The standard InChI is InChI=1S/C26H21FN4O2/c1-2-5-24(32)30-14-4-8-22(30)26-29-25(23-17-28-13-15-31(23)26)18-9-11-20(12-10-18)33-21-7-3-6-19(27)16-21/h3,6-7,9-13,15-17,22H,4,8,14H2,1H3/t22-/m0/s1. The maximum absolute atomic E-state index is 13.4. The Labute approximate surface area is 190 Å². The third-order valence-corrected chi connectivity index (χ3v) is 5.68. The third kappa shape index (κ3) is 4.03. The smallest absolute Gasteiger partial charge is 0.299 e. The number of carbonyl (C=O) groups excluding carboxylic acids is 1. The molecule has 33 heavy (non-hydrogen) atoms. The first kappa shape index (κ1) is 20.7. The van der Waals surface area contributed by atoms with Crippen molar-refractivity contribution < 1.29 is 13.9 Å². The molecule has 7 heteroatoms. The highest BCUT2D eigenvalue weighted by Crippen LogP contribution is 2.35. The second-order valence-electron chi connectivity index (χ2n) is 7.77. The predicted molar refractivity (Wildman–Crippen MR) is 122 cm³/mol. The molecule has 6 nitrogen and oxygen atoms in total. The number of amides is 1. The molecule has 5 rings (SSSR count). The summed E-state index contributed by atoms with van der Waals surface area (Å²) >= 11 is 0. The normalized spacial score (nSPS) is 15.3. The van der Waals surface area contributed by atoms with Gasteiger partial charge in [0, 0.05) is 30.6 Å². The van der Waals surface area contributed by atoms with Crippen molar-refractivity contribution in [2.75, 3.05) is 6.54 Å². The van der Waals surface area contributed by atoms with Crippen LogP contribution in [-0.2, 0) is 4.79 Å². The van der Waals surface area contributed by atoms with Crippen LogP contribution in [0, 0.1) is 17.7 Å². The Kier molecular flexibility index (Phi) is 5.49.